The zero-order chi connectivity index (χ0) is 17.5. The van der Waals surface area contributed by atoms with Gasteiger partial charge in [-0.25, -0.2) is 0 Å². The highest BCUT2D eigenvalue weighted by Gasteiger charge is 2.16. The Morgan fingerprint density at radius 3 is 2.40 bits per heavy atom. The normalized spacial score (nSPS) is 16.4. The summed E-state index contributed by atoms with van der Waals surface area (Å²) in [6, 6.07) is 14.4. The third-order valence-corrected chi connectivity index (χ3v) is 4.00. The van der Waals surface area contributed by atoms with Crippen LogP contribution in [0.5, 0.6) is 11.5 Å². The lowest BCUT2D eigenvalue weighted by Crippen LogP contribution is -2.16. The Hall–Kier alpha value is -2.53. The SMILES string of the molecule is CCOc1ccc(C(=O)Nc2ccc(OCC3CCCO3)cc2)cc1. The zero-order valence-electron chi connectivity index (χ0n) is 14.4. The molecule has 0 radical (unpaired) electrons. The van der Waals surface area contributed by atoms with Crippen LogP contribution in [0.2, 0.25) is 0 Å². The van der Waals surface area contributed by atoms with E-state index in [4.69, 9.17) is 14.2 Å². The van der Waals surface area contributed by atoms with Crippen LogP contribution < -0.4 is 14.8 Å². The molecule has 1 fully saturated rings. The van der Waals surface area contributed by atoms with Gasteiger partial charge in [-0.2, -0.15) is 0 Å². The molecule has 0 bridgehead atoms. The van der Waals surface area contributed by atoms with Crippen LogP contribution in [0.25, 0.3) is 0 Å². The average molecular weight is 341 g/mol. The van der Waals surface area contributed by atoms with Crippen molar-refractivity contribution in [2.75, 3.05) is 25.1 Å². The molecule has 1 saturated heterocycles. The van der Waals surface area contributed by atoms with E-state index in [-0.39, 0.29) is 12.0 Å². The molecule has 0 saturated carbocycles. The lowest BCUT2D eigenvalue weighted by molar-refractivity contribution is 0.0679. The van der Waals surface area contributed by atoms with Crippen molar-refractivity contribution in [3.05, 3.63) is 54.1 Å². The first-order valence-electron chi connectivity index (χ1n) is 8.63. The summed E-state index contributed by atoms with van der Waals surface area (Å²) in [5.41, 5.74) is 1.31. The molecule has 132 valence electrons. The summed E-state index contributed by atoms with van der Waals surface area (Å²) in [5.74, 6) is 1.37. The molecule has 1 atom stereocenters. The minimum absolute atomic E-state index is 0.156. The van der Waals surface area contributed by atoms with E-state index in [2.05, 4.69) is 5.32 Å². The predicted molar refractivity (Wildman–Crippen MR) is 96.5 cm³/mol. The third kappa shape index (κ3) is 4.97. The van der Waals surface area contributed by atoms with Gasteiger partial charge < -0.3 is 19.5 Å². The second-order valence-corrected chi connectivity index (χ2v) is 5.88. The van der Waals surface area contributed by atoms with Gasteiger partial charge in [-0.3, -0.25) is 4.79 Å². The Kier molecular flexibility index (Phi) is 5.90. The van der Waals surface area contributed by atoms with E-state index in [1.807, 2.05) is 31.2 Å². The second-order valence-electron chi connectivity index (χ2n) is 5.88. The number of rotatable bonds is 7. The van der Waals surface area contributed by atoms with E-state index in [0.717, 1.165) is 36.6 Å². The van der Waals surface area contributed by atoms with Crippen LogP contribution in [0.3, 0.4) is 0 Å². The largest absolute Gasteiger partial charge is 0.494 e. The maximum absolute atomic E-state index is 12.3. The van der Waals surface area contributed by atoms with Gasteiger partial charge in [0.1, 0.15) is 18.1 Å². The Balaban J connectivity index is 1.52. The van der Waals surface area contributed by atoms with Crippen molar-refractivity contribution in [3.8, 4) is 11.5 Å². The molecule has 3 rings (SSSR count). The molecule has 0 aliphatic carbocycles. The fourth-order valence-electron chi connectivity index (χ4n) is 2.67. The predicted octanol–water partition coefficient (Wildman–Crippen LogP) is 3.90. The quantitative estimate of drug-likeness (QED) is 0.830. The first kappa shape index (κ1) is 17.3. The zero-order valence-corrected chi connectivity index (χ0v) is 14.4. The van der Waals surface area contributed by atoms with Crippen LogP contribution in [0.1, 0.15) is 30.1 Å². The number of hydrogen-bond acceptors (Lipinski definition) is 4. The van der Waals surface area contributed by atoms with Gasteiger partial charge in [0.05, 0.1) is 12.7 Å². The number of amides is 1. The molecule has 1 heterocycles. The van der Waals surface area contributed by atoms with E-state index in [0.29, 0.717) is 18.8 Å². The van der Waals surface area contributed by atoms with Crippen molar-refractivity contribution < 1.29 is 19.0 Å². The maximum Gasteiger partial charge on any atom is 0.255 e. The summed E-state index contributed by atoms with van der Waals surface area (Å²) in [6.45, 7) is 3.92. The maximum atomic E-state index is 12.3. The van der Waals surface area contributed by atoms with Gasteiger partial charge in [-0.05, 0) is 68.3 Å². The highest BCUT2D eigenvalue weighted by Crippen LogP contribution is 2.19. The smallest absolute Gasteiger partial charge is 0.255 e. The molecule has 25 heavy (non-hydrogen) atoms. The van der Waals surface area contributed by atoms with Crippen molar-refractivity contribution in [3.63, 3.8) is 0 Å². The summed E-state index contributed by atoms with van der Waals surface area (Å²) >= 11 is 0. The van der Waals surface area contributed by atoms with Crippen LogP contribution >= 0.6 is 0 Å². The summed E-state index contributed by atoms with van der Waals surface area (Å²) in [7, 11) is 0. The number of carbonyl (C=O) groups excluding carboxylic acids is 1. The van der Waals surface area contributed by atoms with E-state index in [1.165, 1.54) is 0 Å². The van der Waals surface area contributed by atoms with Gasteiger partial charge in [0.25, 0.3) is 5.91 Å². The molecule has 1 aliphatic rings. The van der Waals surface area contributed by atoms with Crippen molar-refractivity contribution in [2.45, 2.75) is 25.9 Å². The van der Waals surface area contributed by atoms with Crippen molar-refractivity contribution in [1.29, 1.82) is 0 Å². The Morgan fingerprint density at radius 1 is 1.08 bits per heavy atom. The lowest BCUT2D eigenvalue weighted by Gasteiger charge is -2.12. The van der Waals surface area contributed by atoms with Crippen molar-refractivity contribution in [1.82, 2.24) is 0 Å². The molecule has 2 aromatic rings. The first-order valence-corrected chi connectivity index (χ1v) is 8.63. The van der Waals surface area contributed by atoms with Gasteiger partial charge in [-0.1, -0.05) is 0 Å². The summed E-state index contributed by atoms with van der Waals surface area (Å²) in [4.78, 5) is 12.3. The third-order valence-electron chi connectivity index (χ3n) is 4.00. The van der Waals surface area contributed by atoms with Gasteiger partial charge in [0.2, 0.25) is 0 Å². The fraction of sp³-hybridized carbons (Fsp3) is 0.350. The number of anilines is 1. The summed E-state index contributed by atoms with van der Waals surface area (Å²) < 4.78 is 16.6. The highest BCUT2D eigenvalue weighted by atomic mass is 16.5. The van der Waals surface area contributed by atoms with Gasteiger partial charge in [-0.15, -0.1) is 0 Å². The Morgan fingerprint density at radius 2 is 1.76 bits per heavy atom. The van der Waals surface area contributed by atoms with Crippen LogP contribution in [-0.2, 0) is 4.74 Å². The molecule has 5 heteroatoms. The Labute approximate surface area is 147 Å². The van der Waals surface area contributed by atoms with Crippen LogP contribution in [-0.4, -0.2) is 31.8 Å². The van der Waals surface area contributed by atoms with E-state index < -0.39 is 0 Å². The molecule has 0 spiro atoms. The van der Waals surface area contributed by atoms with E-state index in [1.54, 1.807) is 24.3 Å². The summed E-state index contributed by atoms with van der Waals surface area (Å²) in [5, 5.41) is 2.87. The van der Waals surface area contributed by atoms with E-state index >= 15 is 0 Å². The number of ether oxygens (including phenoxy) is 3. The van der Waals surface area contributed by atoms with Gasteiger partial charge >= 0.3 is 0 Å². The minimum Gasteiger partial charge on any atom is -0.494 e. The summed E-state index contributed by atoms with van der Waals surface area (Å²) in [6.07, 6.45) is 2.35. The number of benzene rings is 2. The molecule has 0 aromatic heterocycles. The molecule has 2 aromatic carbocycles. The van der Waals surface area contributed by atoms with Gasteiger partial charge in [0.15, 0.2) is 0 Å². The second kappa shape index (κ2) is 8.53. The van der Waals surface area contributed by atoms with Crippen molar-refractivity contribution in [2.24, 2.45) is 0 Å². The molecule has 1 amide bonds. The average Bonchev–Trinajstić information content (AvgIpc) is 3.15. The monoisotopic (exact) mass is 341 g/mol. The van der Waals surface area contributed by atoms with Gasteiger partial charge in [0, 0.05) is 17.9 Å². The Bertz CT molecular complexity index is 676. The molecule has 1 N–H and O–H groups in total. The number of hydrogen-bond donors (Lipinski definition) is 1. The first-order chi connectivity index (χ1) is 12.2. The highest BCUT2D eigenvalue weighted by molar-refractivity contribution is 6.04. The van der Waals surface area contributed by atoms with E-state index in [9.17, 15) is 4.79 Å². The minimum atomic E-state index is -0.156. The number of carbonyl (C=O) groups is 1. The molecular weight excluding hydrogens is 318 g/mol. The lowest BCUT2D eigenvalue weighted by atomic mass is 10.2. The molecule has 5 nitrogen and oxygen atoms in total. The van der Waals surface area contributed by atoms with Crippen molar-refractivity contribution >= 4 is 11.6 Å². The molecule has 1 aliphatic heterocycles. The molecular formula is C20H23NO4. The van der Waals surface area contributed by atoms with Crippen LogP contribution in [0, 0.1) is 0 Å². The fourth-order valence-corrected chi connectivity index (χ4v) is 2.67. The topological polar surface area (TPSA) is 56.8 Å². The van der Waals surface area contributed by atoms with Crippen LogP contribution in [0.4, 0.5) is 5.69 Å². The van der Waals surface area contributed by atoms with Crippen LogP contribution in [0.15, 0.2) is 48.5 Å². The standard InChI is InChI=1S/C20H23NO4/c1-2-23-17-9-5-15(6-10-17)20(22)21-16-7-11-18(12-8-16)25-14-19-4-3-13-24-19/h5-12,19H,2-4,13-14H2,1H3,(H,21,22). The number of nitrogens with one attached hydrogen (secondary N) is 1. The molecule has 1 unspecified atom stereocenters.